The lowest BCUT2D eigenvalue weighted by atomic mass is 10.0. The average molecular weight is 434 g/mol. The zero-order chi connectivity index (χ0) is 23.0. The number of nitrogens with two attached hydrogens (primary N) is 1. The summed E-state index contributed by atoms with van der Waals surface area (Å²) in [5.74, 6) is -1.34. The van der Waals surface area contributed by atoms with Gasteiger partial charge in [-0.15, -0.1) is 0 Å². The molecule has 0 fully saturated rings. The quantitative estimate of drug-likeness (QED) is 0.600. The topological polar surface area (TPSA) is 107 Å². The zero-order valence-electron chi connectivity index (χ0n) is 18.4. The van der Waals surface area contributed by atoms with Crippen molar-refractivity contribution in [3.8, 4) is 11.3 Å². The minimum absolute atomic E-state index is 0.00308. The highest BCUT2D eigenvalue weighted by molar-refractivity contribution is 6.01. The van der Waals surface area contributed by atoms with Gasteiger partial charge in [-0.05, 0) is 57.0 Å². The number of carbonyl (C=O) groups excluding carboxylic acids is 3. The number of carbonyl (C=O) groups is 3. The van der Waals surface area contributed by atoms with E-state index in [2.05, 4.69) is 4.98 Å². The number of primary amides is 1. The standard InChI is InChI=1S/C24H26N4O4/c1-24(2,3)32-20(29)10-9-19(22(25)30)28-13-16-12-15(7-8-17(16)23(28)31)21-18-6-4-5-11-27(18)14-26-21/h4-8,11-12,14,19H,9-10,13H2,1-3H3,(H2,25,30). The monoisotopic (exact) mass is 434 g/mol. The third-order valence-electron chi connectivity index (χ3n) is 5.40. The number of ether oxygens (including phenoxy) is 1. The molecule has 0 saturated heterocycles. The van der Waals surface area contributed by atoms with E-state index in [9.17, 15) is 14.4 Å². The Balaban J connectivity index is 1.55. The number of fused-ring (bicyclic) bond motifs is 2. The van der Waals surface area contributed by atoms with E-state index in [4.69, 9.17) is 10.5 Å². The number of hydrogen-bond acceptors (Lipinski definition) is 5. The maximum absolute atomic E-state index is 13.0. The summed E-state index contributed by atoms with van der Waals surface area (Å²) in [7, 11) is 0. The molecule has 1 aliphatic rings. The molecule has 1 atom stereocenters. The number of benzene rings is 1. The van der Waals surface area contributed by atoms with Crippen molar-refractivity contribution in [3.05, 3.63) is 60.0 Å². The molecule has 2 N–H and O–H groups in total. The van der Waals surface area contributed by atoms with E-state index in [0.29, 0.717) is 5.56 Å². The van der Waals surface area contributed by atoms with Crippen molar-refractivity contribution in [2.45, 2.75) is 51.8 Å². The van der Waals surface area contributed by atoms with E-state index in [1.807, 2.05) is 40.9 Å². The first kappa shape index (κ1) is 21.5. The van der Waals surface area contributed by atoms with Crippen molar-refractivity contribution >= 4 is 23.3 Å². The van der Waals surface area contributed by atoms with Gasteiger partial charge < -0.3 is 19.8 Å². The van der Waals surface area contributed by atoms with Crippen molar-refractivity contribution in [1.82, 2.24) is 14.3 Å². The largest absolute Gasteiger partial charge is 0.460 e. The summed E-state index contributed by atoms with van der Waals surface area (Å²) in [5.41, 5.74) is 8.97. The average Bonchev–Trinajstić information content (AvgIpc) is 3.28. The summed E-state index contributed by atoms with van der Waals surface area (Å²) in [4.78, 5) is 43.2. The Morgan fingerprint density at radius 1 is 1.22 bits per heavy atom. The van der Waals surface area contributed by atoms with Gasteiger partial charge in [-0.25, -0.2) is 4.98 Å². The van der Waals surface area contributed by atoms with Crippen LogP contribution in [0.3, 0.4) is 0 Å². The van der Waals surface area contributed by atoms with Gasteiger partial charge in [0.15, 0.2) is 0 Å². The van der Waals surface area contributed by atoms with E-state index < -0.39 is 23.5 Å². The lowest BCUT2D eigenvalue weighted by molar-refractivity contribution is -0.155. The van der Waals surface area contributed by atoms with Crippen LogP contribution in [0.4, 0.5) is 0 Å². The molecule has 166 valence electrons. The van der Waals surface area contributed by atoms with Crippen LogP contribution in [0.15, 0.2) is 48.9 Å². The lowest BCUT2D eigenvalue weighted by Crippen LogP contribution is -2.45. The molecule has 4 rings (SSSR count). The molecule has 8 heteroatoms. The molecule has 8 nitrogen and oxygen atoms in total. The van der Waals surface area contributed by atoms with Crippen LogP contribution in [0.2, 0.25) is 0 Å². The third-order valence-corrected chi connectivity index (χ3v) is 5.40. The highest BCUT2D eigenvalue weighted by Crippen LogP contribution is 2.31. The minimum atomic E-state index is -0.890. The molecular formula is C24H26N4O4. The van der Waals surface area contributed by atoms with Crippen LogP contribution in [-0.2, 0) is 20.9 Å². The SMILES string of the molecule is CC(C)(C)OC(=O)CCC(C(N)=O)N1Cc2cc(-c3ncn4ccccc34)ccc2C1=O. The van der Waals surface area contributed by atoms with Crippen LogP contribution in [0.1, 0.15) is 49.5 Å². The maximum Gasteiger partial charge on any atom is 0.306 e. The predicted octanol–water partition coefficient (Wildman–Crippen LogP) is 2.93. The van der Waals surface area contributed by atoms with Crippen molar-refractivity contribution in [2.24, 2.45) is 5.73 Å². The molecule has 1 unspecified atom stereocenters. The Kier molecular flexibility index (Phi) is 5.46. The first-order valence-electron chi connectivity index (χ1n) is 10.5. The van der Waals surface area contributed by atoms with E-state index in [-0.39, 0.29) is 25.3 Å². The number of esters is 1. The van der Waals surface area contributed by atoms with Gasteiger partial charge in [-0.3, -0.25) is 14.4 Å². The van der Waals surface area contributed by atoms with Crippen molar-refractivity contribution < 1.29 is 19.1 Å². The van der Waals surface area contributed by atoms with Gasteiger partial charge >= 0.3 is 5.97 Å². The third kappa shape index (κ3) is 4.21. The number of pyridine rings is 1. The van der Waals surface area contributed by atoms with Gasteiger partial charge in [-0.2, -0.15) is 0 Å². The van der Waals surface area contributed by atoms with Gasteiger partial charge in [0.1, 0.15) is 11.6 Å². The molecule has 3 aromatic rings. The number of imidazole rings is 1. The summed E-state index contributed by atoms with van der Waals surface area (Å²) in [6.45, 7) is 5.57. The van der Waals surface area contributed by atoms with Crippen LogP contribution in [-0.4, -0.2) is 43.7 Å². The summed E-state index contributed by atoms with van der Waals surface area (Å²) in [6, 6.07) is 10.5. The molecule has 3 heterocycles. The summed E-state index contributed by atoms with van der Waals surface area (Å²) < 4.78 is 7.24. The van der Waals surface area contributed by atoms with Crippen LogP contribution >= 0.6 is 0 Å². The first-order chi connectivity index (χ1) is 15.1. The fraction of sp³-hybridized carbons (Fsp3) is 0.333. The predicted molar refractivity (Wildman–Crippen MR) is 119 cm³/mol. The second-order valence-corrected chi connectivity index (χ2v) is 8.93. The fourth-order valence-electron chi connectivity index (χ4n) is 4.01. The molecule has 1 aromatic carbocycles. The maximum atomic E-state index is 13.0. The van der Waals surface area contributed by atoms with Crippen LogP contribution in [0, 0.1) is 0 Å². The van der Waals surface area contributed by atoms with Crippen LogP contribution < -0.4 is 5.73 Å². The Morgan fingerprint density at radius 3 is 2.72 bits per heavy atom. The van der Waals surface area contributed by atoms with Gasteiger partial charge in [0.05, 0.1) is 17.5 Å². The number of hydrogen-bond donors (Lipinski definition) is 1. The minimum Gasteiger partial charge on any atom is -0.460 e. The van der Waals surface area contributed by atoms with Gasteiger partial charge in [0.25, 0.3) is 5.91 Å². The highest BCUT2D eigenvalue weighted by atomic mass is 16.6. The van der Waals surface area contributed by atoms with Crippen LogP contribution in [0.25, 0.3) is 16.8 Å². The molecule has 32 heavy (non-hydrogen) atoms. The Labute approximate surface area is 186 Å². The normalized spacial score (nSPS) is 14.5. The number of nitrogens with zero attached hydrogens (tertiary/aromatic N) is 3. The van der Waals surface area contributed by atoms with E-state index >= 15 is 0 Å². The van der Waals surface area contributed by atoms with Crippen molar-refractivity contribution in [1.29, 1.82) is 0 Å². The molecule has 2 aromatic heterocycles. The molecule has 0 bridgehead atoms. The number of amides is 2. The molecular weight excluding hydrogens is 408 g/mol. The Bertz CT molecular complexity index is 1210. The first-order valence-corrected chi connectivity index (χ1v) is 10.5. The highest BCUT2D eigenvalue weighted by Gasteiger charge is 2.36. The Morgan fingerprint density at radius 2 is 2.00 bits per heavy atom. The molecule has 0 saturated carbocycles. The Hall–Kier alpha value is -3.68. The summed E-state index contributed by atoms with van der Waals surface area (Å²) in [5, 5.41) is 0. The second-order valence-electron chi connectivity index (χ2n) is 8.93. The molecule has 0 aliphatic carbocycles. The van der Waals surface area contributed by atoms with Crippen molar-refractivity contribution in [3.63, 3.8) is 0 Å². The zero-order valence-corrected chi connectivity index (χ0v) is 18.4. The van der Waals surface area contributed by atoms with E-state index in [0.717, 1.165) is 22.3 Å². The molecule has 2 amide bonds. The lowest BCUT2D eigenvalue weighted by Gasteiger charge is -2.25. The molecule has 1 aliphatic heterocycles. The van der Waals surface area contributed by atoms with Crippen LogP contribution in [0.5, 0.6) is 0 Å². The number of rotatable bonds is 6. The van der Waals surface area contributed by atoms with Gasteiger partial charge in [-0.1, -0.05) is 12.1 Å². The smallest absolute Gasteiger partial charge is 0.306 e. The summed E-state index contributed by atoms with van der Waals surface area (Å²) in [6.07, 6.45) is 3.78. The van der Waals surface area contributed by atoms with Gasteiger partial charge in [0, 0.05) is 30.3 Å². The summed E-state index contributed by atoms with van der Waals surface area (Å²) >= 11 is 0. The van der Waals surface area contributed by atoms with E-state index in [1.54, 1.807) is 33.2 Å². The van der Waals surface area contributed by atoms with Gasteiger partial charge in [0.2, 0.25) is 5.91 Å². The molecule has 0 spiro atoms. The number of aromatic nitrogens is 2. The second kappa shape index (κ2) is 8.11. The fourth-order valence-corrected chi connectivity index (χ4v) is 4.01. The van der Waals surface area contributed by atoms with E-state index in [1.165, 1.54) is 4.90 Å². The molecule has 0 radical (unpaired) electrons. The van der Waals surface area contributed by atoms with Crippen molar-refractivity contribution in [2.75, 3.05) is 0 Å².